The number of halogens is 1. The highest BCUT2D eigenvalue weighted by Gasteiger charge is 2.32. The molecule has 1 amide bonds. The van der Waals surface area contributed by atoms with Gasteiger partial charge in [-0.2, -0.15) is 5.10 Å². The fourth-order valence-electron chi connectivity index (χ4n) is 4.15. The number of amides is 1. The maximum absolute atomic E-state index is 13.3. The van der Waals surface area contributed by atoms with Gasteiger partial charge in [0, 0.05) is 11.6 Å². The Morgan fingerprint density at radius 2 is 2.06 bits per heavy atom. The summed E-state index contributed by atoms with van der Waals surface area (Å²) in [6.07, 6.45) is 0.488. The van der Waals surface area contributed by atoms with Crippen molar-refractivity contribution in [2.45, 2.75) is 25.9 Å². The Balaban J connectivity index is 1.58. The molecule has 0 saturated carbocycles. The monoisotopic (exact) mass is 500 g/mol. The zero-order valence-electron chi connectivity index (χ0n) is 17.8. The molecule has 4 aromatic rings. The van der Waals surface area contributed by atoms with Gasteiger partial charge in [-0.05, 0) is 48.6 Å². The fourth-order valence-corrected chi connectivity index (χ4v) is 6.65. The van der Waals surface area contributed by atoms with Gasteiger partial charge < -0.3 is 5.32 Å². The summed E-state index contributed by atoms with van der Waals surface area (Å²) in [7, 11) is -3.10. The second-order valence-electron chi connectivity index (χ2n) is 8.13. The highest BCUT2D eigenvalue weighted by Crippen LogP contribution is 2.33. The van der Waals surface area contributed by atoms with Gasteiger partial charge in [0.1, 0.15) is 0 Å². The summed E-state index contributed by atoms with van der Waals surface area (Å²) in [5.74, 6) is -0.0690. The van der Waals surface area contributed by atoms with Crippen LogP contribution in [0.5, 0.6) is 0 Å². The van der Waals surface area contributed by atoms with Crippen LogP contribution in [-0.4, -0.2) is 40.6 Å². The summed E-state index contributed by atoms with van der Waals surface area (Å²) < 4.78 is 25.9. The third kappa shape index (κ3) is 4.40. The van der Waals surface area contributed by atoms with Crippen LogP contribution in [0.1, 0.15) is 34.1 Å². The quantitative estimate of drug-likeness (QED) is 0.438. The molecular formula is C23H21ClN4O3S2. The van der Waals surface area contributed by atoms with Gasteiger partial charge in [0.2, 0.25) is 0 Å². The molecule has 5 rings (SSSR count). The largest absolute Gasteiger partial charge is 0.348 e. The van der Waals surface area contributed by atoms with Crippen molar-refractivity contribution in [3.8, 4) is 10.6 Å². The number of pyridine rings is 1. The number of benzene rings is 1. The van der Waals surface area contributed by atoms with Crippen molar-refractivity contribution in [1.29, 1.82) is 0 Å². The molecule has 1 saturated heterocycles. The summed E-state index contributed by atoms with van der Waals surface area (Å²) in [5.41, 5.74) is 3.26. The summed E-state index contributed by atoms with van der Waals surface area (Å²) in [5, 5.41) is 10.8. The highest BCUT2D eigenvalue weighted by molar-refractivity contribution is 7.91. The van der Waals surface area contributed by atoms with Crippen LogP contribution >= 0.6 is 22.9 Å². The van der Waals surface area contributed by atoms with E-state index < -0.39 is 9.84 Å². The van der Waals surface area contributed by atoms with Crippen molar-refractivity contribution < 1.29 is 13.2 Å². The molecule has 1 fully saturated rings. The van der Waals surface area contributed by atoms with Gasteiger partial charge in [-0.15, -0.1) is 11.3 Å². The average Bonchev–Trinajstić information content (AvgIpc) is 3.52. The van der Waals surface area contributed by atoms with Gasteiger partial charge in [-0.3, -0.25) is 4.79 Å². The van der Waals surface area contributed by atoms with Crippen LogP contribution in [0.4, 0.5) is 0 Å². The van der Waals surface area contributed by atoms with Crippen LogP contribution < -0.4 is 5.32 Å². The Morgan fingerprint density at radius 1 is 1.27 bits per heavy atom. The third-order valence-electron chi connectivity index (χ3n) is 5.78. The molecule has 0 spiro atoms. The van der Waals surface area contributed by atoms with Gasteiger partial charge in [0.15, 0.2) is 15.5 Å². The van der Waals surface area contributed by atoms with Gasteiger partial charge in [-0.1, -0.05) is 29.8 Å². The lowest BCUT2D eigenvalue weighted by Gasteiger charge is -2.12. The first-order valence-electron chi connectivity index (χ1n) is 10.5. The second kappa shape index (κ2) is 8.55. The predicted octanol–water partition coefficient (Wildman–Crippen LogP) is 4.41. The van der Waals surface area contributed by atoms with Crippen LogP contribution in [-0.2, 0) is 16.4 Å². The van der Waals surface area contributed by atoms with Crippen molar-refractivity contribution in [1.82, 2.24) is 20.1 Å². The van der Waals surface area contributed by atoms with E-state index in [1.54, 1.807) is 22.9 Å². The molecule has 1 aromatic carbocycles. The predicted molar refractivity (Wildman–Crippen MR) is 131 cm³/mol. The van der Waals surface area contributed by atoms with Crippen molar-refractivity contribution in [2.24, 2.45) is 0 Å². The van der Waals surface area contributed by atoms with Crippen molar-refractivity contribution in [3.05, 3.63) is 69.7 Å². The molecule has 1 atom stereocenters. The zero-order valence-corrected chi connectivity index (χ0v) is 20.2. The van der Waals surface area contributed by atoms with Crippen LogP contribution in [0.15, 0.2) is 47.8 Å². The van der Waals surface area contributed by atoms with Gasteiger partial charge in [-0.25, -0.2) is 18.1 Å². The van der Waals surface area contributed by atoms with E-state index >= 15 is 0 Å². The first kappa shape index (κ1) is 22.1. The van der Waals surface area contributed by atoms with Crippen LogP contribution in [0.3, 0.4) is 0 Å². The number of hydrogen-bond donors (Lipinski definition) is 1. The SMILES string of the molecule is Cc1nn(C2CCS(=O)(=O)C2)c2nc(-c3cccs3)cc(C(=O)NCc3ccc(Cl)cc3)c12. The standard InChI is InChI=1S/C23H21ClN4O3S2/c1-14-21-18(23(29)25-12-15-4-6-16(24)7-5-15)11-19(20-3-2-9-32-20)26-22(21)28(27-14)17-8-10-33(30,31)13-17/h2-7,9,11,17H,8,10,12-13H2,1H3,(H,25,29). The Bertz CT molecular complexity index is 1450. The molecule has 10 heteroatoms. The molecule has 0 aliphatic carbocycles. The second-order valence-corrected chi connectivity index (χ2v) is 11.7. The van der Waals surface area contributed by atoms with E-state index in [4.69, 9.17) is 16.6 Å². The Labute approximate surface area is 200 Å². The molecule has 33 heavy (non-hydrogen) atoms. The molecule has 1 N–H and O–H groups in total. The number of carbonyl (C=O) groups excluding carboxylic acids is 1. The molecule has 0 bridgehead atoms. The molecule has 7 nitrogen and oxygen atoms in total. The summed E-state index contributed by atoms with van der Waals surface area (Å²) >= 11 is 7.48. The number of carbonyl (C=O) groups is 1. The lowest BCUT2D eigenvalue weighted by molar-refractivity contribution is 0.0952. The molecule has 1 aliphatic heterocycles. The lowest BCUT2D eigenvalue weighted by atomic mass is 10.1. The molecule has 0 radical (unpaired) electrons. The normalized spacial score (nSPS) is 17.5. The summed E-state index contributed by atoms with van der Waals surface area (Å²) in [4.78, 5) is 19.1. The first-order valence-corrected chi connectivity index (χ1v) is 13.6. The number of sulfone groups is 1. The Hall–Kier alpha value is -2.75. The number of rotatable bonds is 5. The molecule has 3 aromatic heterocycles. The minimum atomic E-state index is -3.10. The summed E-state index contributed by atoms with van der Waals surface area (Å²) in [6, 6.07) is 12.7. The minimum Gasteiger partial charge on any atom is -0.348 e. The number of hydrogen-bond acceptors (Lipinski definition) is 6. The van der Waals surface area contributed by atoms with E-state index in [0.29, 0.717) is 46.0 Å². The van der Waals surface area contributed by atoms with E-state index in [1.165, 1.54) is 11.3 Å². The zero-order chi connectivity index (χ0) is 23.2. The van der Waals surface area contributed by atoms with E-state index in [2.05, 4.69) is 10.4 Å². The third-order valence-corrected chi connectivity index (χ3v) is 8.67. The van der Waals surface area contributed by atoms with E-state index in [1.807, 2.05) is 36.6 Å². The Morgan fingerprint density at radius 3 is 2.73 bits per heavy atom. The Kier molecular flexibility index (Phi) is 5.72. The first-order chi connectivity index (χ1) is 15.8. The number of nitrogens with zero attached hydrogens (tertiary/aromatic N) is 3. The van der Waals surface area contributed by atoms with Gasteiger partial charge in [0.05, 0.1) is 44.8 Å². The average molecular weight is 501 g/mol. The number of aromatic nitrogens is 3. The highest BCUT2D eigenvalue weighted by atomic mass is 35.5. The molecule has 1 aliphatic rings. The molecular weight excluding hydrogens is 480 g/mol. The maximum atomic E-state index is 13.3. The minimum absolute atomic E-state index is 0.0340. The van der Waals surface area contributed by atoms with Crippen LogP contribution in [0, 0.1) is 6.92 Å². The molecule has 1 unspecified atom stereocenters. The number of thiophene rings is 1. The van der Waals surface area contributed by atoms with Gasteiger partial charge in [0.25, 0.3) is 5.91 Å². The van der Waals surface area contributed by atoms with E-state index in [0.717, 1.165) is 10.4 Å². The summed E-state index contributed by atoms with van der Waals surface area (Å²) in [6.45, 7) is 2.17. The van der Waals surface area contributed by atoms with Crippen LogP contribution in [0.25, 0.3) is 21.6 Å². The molecule has 170 valence electrons. The lowest BCUT2D eigenvalue weighted by Crippen LogP contribution is -2.23. The topological polar surface area (TPSA) is 93.9 Å². The van der Waals surface area contributed by atoms with E-state index in [9.17, 15) is 13.2 Å². The van der Waals surface area contributed by atoms with Crippen molar-refractivity contribution in [2.75, 3.05) is 11.5 Å². The number of aryl methyl sites for hydroxylation is 1. The molecule has 4 heterocycles. The fraction of sp³-hybridized carbons (Fsp3) is 0.261. The maximum Gasteiger partial charge on any atom is 0.252 e. The van der Waals surface area contributed by atoms with Gasteiger partial charge >= 0.3 is 0 Å². The number of fused-ring (bicyclic) bond motifs is 1. The smallest absolute Gasteiger partial charge is 0.252 e. The van der Waals surface area contributed by atoms with Crippen molar-refractivity contribution >= 4 is 49.7 Å². The number of nitrogens with one attached hydrogen (secondary N) is 1. The van der Waals surface area contributed by atoms with E-state index in [-0.39, 0.29) is 23.5 Å². The van der Waals surface area contributed by atoms with Crippen molar-refractivity contribution in [3.63, 3.8) is 0 Å². The van der Waals surface area contributed by atoms with Crippen LogP contribution in [0.2, 0.25) is 5.02 Å².